The second-order valence-electron chi connectivity index (χ2n) is 16.3. The average Bonchev–Trinajstić information content (AvgIpc) is 3.35. The van der Waals surface area contributed by atoms with E-state index in [4.69, 9.17) is 0 Å². The molecule has 0 unspecified atom stereocenters. The van der Waals surface area contributed by atoms with Gasteiger partial charge in [0.05, 0.1) is 0 Å². The minimum Gasteiger partial charge on any atom is -0.0622 e. The molecule has 62 heavy (non-hydrogen) atoms. The van der Waals surface area contributed by atoms with Gasteiger partial charge in [0.15, 0.2) is 0 Å². The number of rotatable bonds is 6. The average molecular weight is 785 g/mol. The number of hydrogen-bond acceptors (Lipinski definition) is 0. The van der Waals surface area contributed by atoms with Gasteiger partial charge in [0, 0.05) is 0 Å². The fraction of sp³-hybridized carbons (Fsp3) is 0. The van der Waals surface area contributed by atoms with Crippen LogP contribution in [0.25, 0.3) is 121 Å². The van der Waals surface area contributed by atoms with Crippen molar-refractivity contribution < 1.29 is 0 Å². The standard InChI is InChI=1S/C62H40/c1-3-15-43(16-4-1)59-51-19-7-11-23-55(51)61(56-24-12-8-20-52(56)59)45-31-27-41(28-32-45)47-35-37-50-40-48(36-38-49(50)39-47)42-29-33-46(34-30-42)62-57-25-13-9-21-53(57)60(44-17-5-2-6-18-44)54-22-10-14-26-58(54)62/h1-40H. The van der Waals surface area contributed by atoms with Crippen molar-refractivity contribution in [3.05, 3.63) is 243 Å². The van der Waals surface area contributed by atoms with E-state index >= 15 is 0 Å². The second-order valence-corrected chi connectivity index (χ2v) is 16.3. The third-order valence-electron chi connectivity index (χ3n) is 12.8. The lowest BCUT2D eigenvalue weighted by Gasteiger charge is -2.18. The molecule has 0 spiro atoms. The van der Waals surface area contributed by atoms with Crippen LogP contribution in [0.15, 0.2) is 243 Å². The molecule has 12 aromatic rings. The summed E-state index contributed by atoms with van der Waals surface area (Å²) in [6, 6.07) is 89.1. The van der Waals surface area contributed by atoms with Crippen molar-refractivity contribution in [3.8, 4) is 66.8 Å². The molecule has 0 radical (unpaired) electrons. The minimum atomic E-state index is 1.21. The van der Waals surface area contributed by atoms with Gasteiger partial charge in [0.1, 0.15) is 0 Å². The van der Waals surface area contributed by atoms with Crippen molar-refractivity contribution >= 4 is 53.9 Å². The molecule has 12 rings (SSSR count). The molecule has 0 amide bonds. The highest BCUT2D eigenvalue weighted by Crippen LogP contribution is 2.46. The highest BCUT2D eigenvalue weighted by atomic mass is 14.2. The molecule has 0 heterocycles. The van der Waals surface area contributed by atoms with E-state index in [1.807, 2.05) is 0 Å². The van der Waals surface area contributed by atoms with E-state index in [2.05, 4.69) is 243 Å². The maximum Gasteiger partial charge on any atom is -0.00264 e. The predicted molar refractivity (Wildman–Crippen MR) is 267 cm³/mol. The molecular weight excluding hydrogens is 745 g/mol. The zero-order valence-corrected chi connectivity index (χ0v) is 34.1. The molecule has 0 aliphatic rings. The molecule has 0 aliphatic heterocycles. The van der Waals surface area contributed by atoms with Crippen LogP contribution < -0.4 is 0 Å². The summed E-state index contributed by atoms with van der Waals surface area (Å²) in [6.45, 7) is 0. The van der Waals surface area contributed by atoms with Crippen LogP contribution in [0.2, 0.25) is 0 Å². The molecule has 288 valence electrons. The maximum absolute atomic E-state index is 2.33. The third kappa shape index (κ3) is 5.99. The summed E-state index contributed by atoms with van der Waals surface area (Å²) >= 11 is 0. The lowest BCUT2D eigenvalue weighted by molar-refractivity contribution is 1.61. The predicted octanol–water partition coefficient (Wildman–Crippen LogP) is 17.5. The summed E-state index contributed by atoms with van der Waals surface area (Å²) in [5, 5.41) is 12.7. The summed E-state index contributed by atoms with van der Waals surface area (Å²) in [6.07, 6.45) is 0. The topological polar surface area (TPSA) is 0 Å². The lowest BCUT2D eigenvalue weighted by Crippen LogP contribution is -1.91. The van der Waals surface area contributed by atoms with Crippen LogP contribution in [0.5, 0.6) is 0 Å². The van der Waals surface area contributed by atoms with Gasteiger partial charge in [-0.3, -0.25) is 0 Å². The van der Waals surface area contributed by atoms with E-state index in [9.17, 15) is 0 Å². The molecule has 0 heteroatoms. The molecule has 0 saturated carbocycles. The lowest BCUT2D eigenvalue weighted by atomic mass is 9.85. The van der Waals surface area contributed by atoms with Crippen LogP contribution in [-0.4, -0.2) is 0 Å². The normalized spacial score (nSPS) is 11.5. The van der Waals surface area contributed by atoms with Crippen molar-refractivity contribution in [2.24, 2.45) is 0 Å². The van der Waals surface area contributed by atoms with Gasteiger partial charge in [0.2, 0.25) is 0 Å². The Balaban J connectivity index is 0.871. The first-order valence-electron chi connectivity index (χ1n) is 21.5. The SMILES string of the molecule is c1ccc(-c2c3ccccc3c(-c3ccc(-c4ccc5cc(-c6ccc(-c7c8ccccc8c(-c8ccccc8)c8ccccc78)cc6)ccc5c4)cc3)c3ccccc23)cc1. The summed E-state index contributed by atoms with van der Waals surface area (Å²) in [5.74, 6) is 0. The van der Waals surface area contributed by atoms with Crippen LogP contribution in [0.3, 0.4) is 0 Å². The second kappa shape index (κ2) is 14.9. The largest absolute Gasteiger partial charge is 0.0622 e. The van der Waals surface area contributed by atoms with Crippen LogP contribution >= 0.6 is 0 Å². The Hall–Kier alpha value is -8.06. The summed E-state index contributed by atoms with van der Waals surface area (Å²) in [7, 11) is 0. The van der Waals surface area contributed by atoms with Crippen LogP contribution in [0.4, 0.5) is 0 Å². The molecule has 0 saturated heterocycles. The first-order valence-corrected chi connectivity index (χ1v) is 21.5. The van der Waals surface area contributed by atoms with Gasteiger partial charge < -0.3 is 0 Å². The molecule has 0 bridgehead atoms. The van der Waals surface area contributed by atoms with E-state index in [1.165, 1.54) is 121 Å². The van der Waals surface area contributed by atoms with Gasteiger partial charge in [0.25, 0.3) is 0 Å². The molecule has 0 aromatic heterocycles. The number of fused-ring (bicyclic) bond motifs is 5. The van der Waals surface area contributed by atoms with Crippen molar-refractivity contribution in [1.82, 2.24) is 0 Å². The first kappa shape index (κ1) is 35.8. The quantitative estimate of drug-likeness (QED) is 0.147. The van der Waals surface area contributed by atoms with Gasteiger partial charge in [-0.2, -0.15) is 0 Å². The summed E-state index contributed by atoms with van der Waals surface area (Å²) < 4.78 is 0. The van der Waals surface area contributed by atoms with Gasteiger partial charge in [-0.15, -0.1) is 0 Å². The van der Waals surface area contributed by atoms with E-state index in [1.54, 1.807) is 0 Å². The Bertz CT molecular complexity index is 3280. The molecule has 12 aromatic carbocycles. The van der Waals surface area contributed by atoms with E-state index in [-0.39, 0.29) is 0 Å². The van der Waals surface area contributed by atoms with Gasteiger partial charge in [-0.1, -0.05) is 231 Å². The fourth-order valence-corrected chi connectivity index (χ4v) is 9.97. The zero-order valence-electron chi connectivity index (χ0n) is 34.1. The van der Waals surface area contributed by atoms with Gasteiger partial charge >= 0.3 is 0 Å². The summed E-state index contributed by atoms with van der Waals surface area (Å²) in [5.41, 5.74) is 14.9. The van der Waals surface area contributed by atoms with Crippen molar-refractivity contribution in [3.63, 3.8) is 0 Å². The molecule has 0 fully saturated rings. The fourth-order valence-electron chi connectivity index (χ4n) is 9.97. The van der Waals surface area contributed by atoms with Crippen LogP contribution in [-0.2, 0) is 0 Å². The van der Waals surface area contributed by atoms with E-state index < -0.39 is 0 Å². The van der Waals surface area contributed by atoms with Crippen LogP contribution in [0, 0.1) is 0 Å². The zero-order chi connectivity index (χ0) is 41.0. The Labute approximate surface area is 361 Å². The van der Waals surface area contributed by atoms with Crippen LogP contribution in [0.1, 0.15) is 0 Å². The Kier molecular flexibility index (Phi) is 8.61. The molecule has 0 aliphatic carbocycles. The third-order valence-corrected chi connectivity index (χ3v) is 12.8. The van der Waals surface area contributed by atoms with Crippen molar-refractivity contribution in [2.45, 2.75) is 0 Å². The van der Waals surface area contributed by atoms with Gasteiger partial charge in [-0.05, 0) is 133 Å². The Morgan fingerprint density at radius 1 is 0.145 bits per heavy atom. The number of hydrogen-bond donors (Lipinski definition) is 0. The maximum atomic E-state index is 2.33. The van der Waals surface area contributed by atoms with Crippen molar-refractivity contribution in [2.75, 3.05) is 0 Å². The Morgan fingerprint density at radius 2 is 0.355 bits per heavy atom. The van der Waals surface area contributed by atoms with Gasteiger partial charge in [-0.25, -0.2) is 0 Å². The minimum absolute atomic E-state index is 1.21. The molecular formula is C62H40. The monoisotopic (exact) mass is 784 g/mol. The summed E-state index contributed by atoms with van der Waals surface area (Å²) in [4.78, 5) is 0. The number of benzene rings is 12. The molecule has 0 nitrogen and oxygen atoms in total. The van der Waals surface area contributed by atoms with E-state index in [0.717, 1.165) is 0 Å². The molecule has 0 atom stereocenters. The highest BCUT2D eigenvalue weighted by Gasteiger charge is 2.18. The van der Waals surface area contributed by atoms with Crippen molar-refractivity contribution in [1.29, 1.82) is 0 Å². The smallest absolute Gasteiger partial charge is 0.00264 e. The Morgan fingerprint density at radius 3 is 0.629 bits per heavy atom. The first-order chi connectivity index (χ1) is 30.8. The molecule has 0 N–H and O–H groups in total. The highest BCUT2D eigenvalue weighted by molar-refractivity contribution is 6.22. The van der Waals surface area contributed by atoms with E-state index in [0.29, 0.717) is 0 Å².